The number of carbonyl (C=O) groups excluding carboxylic acids is 1. The zero-order valence-corrected chi connectivity index (χ0v) is 13.3. The molecular formula is C17H30O2. The highest BCUT2D eigenvalue weighted by Gasteiger charge is 2.31. The number of ketones is 1. The lowest BCUT2D eigenvalue weighted by atomic mass is 9.71. The van der Waals surface area contributed by atoms with Gasteiger partial charge >= 0.3 is 0 Å². The van der Waals surface area contributed by atoms with Crippen LogP contribution in [-0.4, -0.2) is 10.9 Å². The second kappa shape index (κ2) is 6.11. The topological polar surface area (TPSA) is 37.3 Å². The van der Waals surface area contributed by atoms with Crippen LogP contribution in [-0.2, 0) is 4.79 Å². The van der Waals surface area contributed by atoms with Crippen molar-refractivity contribution in [3.8, 4) is 0 Å². The van der Waals surface area contributed by atoms with Gasteiger partial charge in [0.1, 0.15) is 5.76 Å². The van der Waals surface area contributed by atoms with Crippen molar-refractivity contribution in [2.75, 3.05) is 0 Å². The highest BCUT2D eigenvalue weighted by atomic mass is 16.3. The van der Waals surface area contributed by atoms with Crippen LogP contribution >= 0.6 is 0 Å². The first-order valence-corrected chi connectivity index (χ1v) is 7.69. The maximum atomic E-state index is 12.3. The average Bonchev–Trinajstić information content (AvgIpc) is 2.37. The van der Waals surface area contributed by atoms with Crippen molar-refractivity contribution in [2.45, 2.75) is 73.1 Å². The molecule has 2 heteroatoms. The van der Waals surface area contributed by atoms with E-state index in [1.165, 1.54) is 6.08 Å². The van der Waals surface area contributed by atoms with E-state index in [0.717, 1.165) is 38.5 Å². The van der Waals surface area contributed by atoms with Crippen LogP contribution in [0.3, 0.4) is 0 Å². The Hall–Kier alpha value is -0.790. The lowest BCUT2D eigenvalue weighted by Crippen LogP contribution is -2.26. The van der Waals surface area contributed by atoms with Crippen molar-refractivity contribution in [1.82, 2.24) is 0 Å². The van der Waals surface area contributed by atoms with Gasteiger partial charge in [0.05, 0.1) is 0 Å². The Morgan fingerprint density at radius 2 is 1.74 bits per heavy atom. The SMILES string of the molecule is CCC(C)(CC)C(O)=CC(=O)C1CCC(C)(C)CC1. The Bertz CT molecular complexity index is 338. The summed E-state index contributed by atoms with van der Waals surface area (Å²) < 4.78 is 0. The second-order valence-electron chi connectivity index (χ2n) is 7.14. The van der Waals surface area contributed by atoms with Crippen molar-refractivity contribution in [1.29, 1.82) is 0 Å². The summed E-state index contributed by atoms with van der Waals surface area (Å²) >= 11 is 0. The first-order valence-electron chi connectivity index (χ1n) is 7.69. The van der Waals surface area contributed by atoms with Crippen LogP contribution in [0, 0.1) is 16.7 Å². The minimum atomic E-state index is -0.246. The molecule has 0 aromatic carbocycles. The van der Waals surface area contributed by atoms with Gasteiger partial charge in [-0.05, 0) is 43.9 Å². The Labute approximate surface area is 118 Å². The molecule has 1 N–H and O–H groups in total. The number of hydrogen-bond donors (Lipinski definition) is 1. The van der Waals surface area contributed by atoms with E-state index in [0.29, 0.717) is 5.41 Å². The van der Waals surface area contributed by atoms with Crippen molar-refractivity contribution >= 4 is 5.78 Å². The molecule has 0 atom stereocenters. The molecule has 1 aliphatic rings. The smallest absolute Gasteiger partial charge is 0.162 e. The van der Waals surface area contributed by atoms with Gasteiger partial charge in [-0.15, -0.1) is 0 Å². The average molecular weight is 266 g/mol. The van der Waals surface area contributed by atoms with Crippen LogP contribution < -0.4 is 0 Å². The normalized spacial score (nSPS) is 21.4. The van der Waals surface area contributed by atoms with E-state index >= 15 is 0 Å². The van der Waals surface area contributed by atoms with Crippen molar-refractivity contribution in [3.63, 3.8) is 0 Å². The summed E-state index contributed by atoms with van der Waals surface area (Å²) in [5.74, 6) is 0.515. The third kappa shape index (κ3) is 4.09. The molecule has 0 bridgehead atoms. The number of aliphatic hydroxyl groups is 1. The van der Waals surface area contributed by atoms with E-state index in [9.17, 15) is 9.90 Å². The maximum Gasteiger partial charge on any atom is 0.162 e. The van der Waals surface area contributed by atoms with Crippen LogP contribution in [0.15, 0.2) is 11.8 Å². The Morgan fingerprint density at radius 1 is 1.26 bits per heavy atom. The van der Waals surface area contributed by atoms with Gasteiger partial charge in [-0.25, -0.2) is 0 Å². The maximum absolute atomic E-state index is 12.3. The van der Waals surface area contributed by atoms with Gasteiger partial charge in [-0.3, -0.25) is 4.79 Å². The third-order valence-corrected chi connectivity index (χ3v) is 5.20. The summed E-state index contributed by atoms with van der Waals surface area (Å²) in [5, 5.41) is 10.2. The van der Waals surface area contributed by atoms with E-state index in [-0.39, 0.29) is 22.9 Å². The predicted molar refractivity (Wildman–Crippen MR) is 80.1 cm³/mol. The number of hydrogen-bond acceptors (Lipinski definition) is 2. The molecule has 0 aliphatic heterocycles. The molecule has 0 aromatic heterocycles. The molecule has 1 saturated carbocycles. The number of allylic oxidation sites excluding steroid dienone is 2. The summed E-state index contributed by atoms with van der Waals surface area (Å²) in [5.41, 5.74) is 0.132. The molecule has 0 spiro atoms. The molecule has 0 radical (unpaired) electrons. The molecule has 1 fully saturated rings. The standard InChI is InChI=1S/C17H30O2/c1-6-17(5,7-2)15(19)12-14(18)13-8-10-16(3,4)11-9-13/h12-13,19H,6-11H2,1-5H3. The number of carbonyl (C=O) groups is 1. The second-order valence-corrected chi connectivity index (χ2v) is 7.14. The molecule has 0 aromatic rings. The summed E-state index contributed by atoms with van der Waals surface area (Å²) in [7, 11) is 0. The zero-order chi connectivity index (χ0) is 14.7. The molecule has 2 nitrogen and oxygen atoms in total. The fourth-order valence-corrected chi connectivity index (χ4v) is 2.72. The lowest BCUT2D eigenvalue weighted by Gasteiger charge is -2.33. The van der Waals surface area contributed by atoms with E-state index in [4.69, 9.17) is 0 Å². The summed E-state index contributed by atoms with van der Waals surface area (Å²) in [6.07, 6.45) is 7.37. The van der Waals surface area contributed by atoms with Crippen LogP contribution in [0.2, 0.25) is 0 Å². The monoisotopic (exact) mass is 266 g/mol. The van der Waals surface area contributed by atoms with E-state index < -0.39 is 0 Å². The molecular weight excluding hydrogens is 236 g/mol. The largest absolute Gasteiger partial charge is 0.512 e. The van der Waals surface area contributed by atoms with Crippen molar-refractivity contribution in [3.05, 3.63) is 11.8 Å². The fourth-order valence-electron chi connectivity index (χ4n) is 2.72. The first kappa shape index (κ1) is 16.3. The van der Waals surface area contributed by atoms with Crippen molar-refractivity contribution in [2.24, 2.45) is 16.7 Å². The Kier molecular flexibility index (Phi) is 5.23. The molecule has 0 unspecified atom stereocenters. The number of aliphatic hydroxyl groups excluding tert-OH is 1. The van der Waals surface area contributed by atoms with E-state index in [1.54, 1.807) is 0 Å². The van der Waals surface area contributed by atoms with Crippen molar-refractivity contribution < 1.29 is 9.90 Å². The predicted octanol–water partition coefficient (Wildman–Crippen LogP) is 5.04. The highest BCUT2D eigenvalue weighted by molar-refractivity contribution is 5.92. The highest BCUT2D eigenvalue weighted by Crippen LogP contribution is 2.39. The summed E-state index contributed by atoms with van der Waals surface area (Å²) in [6.45, 7) is 10.7. The van der Waals surface area contributed by atoms with Crippen LogP contribution in [0.25, 0.3) is 0 Å². The first-order chi connectivity index (χ1) is 8.74. The lowest BCUT2D eigenvalue weighted by molar-refractivity contribution is -0.119. The quantitative estimate of drug-likeness (QED) is 0.559. The Morgan fingerprint density at radius 3 is 2.16 bits per heavy atom. The van der Waals surface area contributed by atoms with Gasteiger partial charge in [0.25, 0.3) is 0 Å². The molecule has 0 amide bonds. The summed E-state index contributed by atoms with van der Waals surface area (Å²) in [6, 6.07) is 0. The van der Waals surface area contributed by atoms with Gasteiger partial charge < -0.3 is 5.11 Å². The molecule has 19 heavy (non-hydrogen) atoms. The zero-order valence-electron chi connectivity index (χ0n) is 13.3. The van der Waals surface area contributed by atoms with Crippen LogP contribution in [0.5, 0.6) is 0 Å². The molecule has 0 saturated heterocycles. The number of rotatable bonds is 5. The van der Waals surface area contributed by atoms with Gasteiger partial charge in [-0.2, -0.15) is 0 Å². The van der Waals surface area contributed by atoms with Crippen LogP contribution in [0.4, 0.5) is 0 Å². The Balaban J connectivity index is 2.69. The fraction of sp³-hybridized carbons (Fsp3) is 0.824. The minimum absolute atomic E-state index is 0.119. The van der Waals surface area contributed by atoms with E-state index in [2.05, 4.69) is 27.7 Å². The molecule has 1 rings (SSSR count). The van der Waals surface area contributed by atoms with Gasteiger partial charge in [0.2, 0.25) is 0 Å². The molecule has 1 aliphatic carbocycles. The molecule has 110 valence electrons. The van der Waals surface area contributed by atoms with Gasteiger partial charge in [0.15, 0.2) is 5.78 Å². The minimum Gasteiger partial charge on any atom is -0.512 e. The van der Waals surface area contributed by atoms with Crippen LogP contribution in [0.1, 0.15) is 73.1 Å². The summed E-state index contributed by atoms with van der Waals surface area (Å²) in [4.78, 5) is 12.3. The molecule has 0 heterocycles. The van der Waals surface area contributed by atoms with Gasteiger partial charge in [-0.1, -0.05) is 34.6 Å². The van der Waals surface area contributed by atoms with E-state index in [1.807, 2.05) is 6.92 Å². The van der Waals surface area contributed by atoms with Gasteiger partial charge in [0, 0.05) is 17.4 Å². The third-order valence-electron chi connectivity index (χ3n) is 5.20.